The van der Waals surface area contributed by atoms with Gasteiger partial charge in [-0.25, -0.2) is 9.97 Å². The Labute approximate surface area is 156 Å². The number of hydrogen-bond donors (Lipinski definition) is 2. The molecule has 0 radical (unpaired) electrons. The van der Waals surface area contributed by atoms with Gasteiger partial charge in [0.1, 0.15) is 10.8 Å². The lowest BCUT2D eigenvalue weighted by molar-refractivity contribution is 0.734. The summed E-state index contributed by atoms with van der Waals surface area (Å²) in [5.41, 5.74) is 2.06. The lowest BCUT2D eigenvalue weighted by Crippen LogP contribution is -2.21. The van der Waals surface area contributed by atoms with E-state index in [-0.39, 0.29) is 6.04 Å². The quantitative estimate of drug-likeness (QED) is 0.781. The van der Waals surface area contributed by atoms with Gasteiger partial charge in [-0.15, -0.1) is 0 Å². The summed E-state index contributed by atoms with van der Waals surface area (Å²) in [6.45, 7) is 3.76. The first-order valence-electron chi connectivity index (χ1n) is 7.68. The molecule has 3 rings (SSSR count). The van der Waals surface area contributed by atoms with Crippen LogP contribution in [0.4, 0.5) is 5.82 Å². The Balaban J connectivity index is 1.84. The summed E-state index contributed by atoms with van der Waals surface area (Å²) in [4.78, 5) is 8.94. The lowest BCUT2D eigenvalue weighted by Gasteiger charge is -2.19. The molecule has 126 valence electrons. The van der Waals surface area contributed by atoms with Gasteiger partial charge in [0.2, 0.25) is 0 Å². The fourth-order valence-electron chi connectivity index (χ4n) is 2.58. The molecule has 1 atom stereocenters. The molecule has 2 N–H and O–H groups in total. The van der Waals surface area contributed by atoms with Gasteiger partial charge in [0.05, 0.1) is 12.2 Å². The van der Waals surface area contributed by atoms with E-state index in [4.69, 9.17) is 34.8 Å². The number of hydrogen-bond acceptors (Lipinski definition) is 4. The zero-order chi connectivity index (χ0) is 17.1. The van der Waals surface area contributed by atoms with Crippen molar-refractivity contribution in [2.75, 3.05) is 18.4 Å². The predicted octanol–water partition coefficient (Wildman–Crippen LogP) is 4.99. The number of anilines is 1. The number of aromatic nitrogens is 2. The Morgan fingerprint density at radius 3 is 2.75 bits per heavy atom. The second-order valence-electron chi connectivity index (χ2n) is 5.61. The van der Waals surface area contributed by atoms with Crippen molar-refractivity contribution in [1.82, 2.24) is 15.3 Å². The Kier molecular flexibility index (Phi) is 5.61. The van der Waals surface area contributed by atoms with Gasteiger partial charge in [-0.1, -0.05) is 46.9 Å². The molecule has 0 amide bonds. The average molecular weight is 384 g/mol. The number of benzene rings is 1. The minimum Gasteiger partial charge on any atom is -0.362 e. The zero-order valence-corrected chi connectivity index (χ0v) is 15.4. The van der Waals surface area contributed by atoms with Crippen LogP contribution >= 0.6 is 34.8 Å². The van der Waals surface area contributed by atoms with Crippen molar-refractivity contribution in [2.45, 2.75) is 19.4 Å². The Bertz CT molecular complexity index is 776. The molecule has 0 saturated carbocycles. The van der Waals surface area contributed by atoms with Crippen molar-refractivity contribution < 1.29 is 0 Å². The van der Waals surface area contributed by atoms with Crippen LogP contribution in [0, 0.1) is 0 Å². The van der Waals surface area contributed by atoms with Gasteiger partial charge in [0.15, 0.2) is 5.82 Å². The molecule has 0 bridgehead atoms. The number of nitrogens with one attached hydrogen (secondary N) is 2. The Hall–Kier alpha value is -1.33. The molecular formula is C17H17Cl3N4. The van der Waals surface area contributed by atoms with E-state index in [1.54, 1.807) is 12.3 Å². The standard InChI is InChI=1S/C17H17Cl3N4/c1-10(13-3-2-12(18)8-14(13)19)23-17-15(20)9-22-16(24-17)11-4-6-21-7-5-11/h2-4,8-10,21H,5-7H2,1H3,(H,22,23,24). The highest BCUT2D eigenvalue weighted by Crippen LogP contribution is 2.30. The highest BCUT2D eigenvalue weighted by molar-refractivity contribution is 6.35. The van der Waals surface area contributed by atoms with Crippen LogP contribution in [0.3, 0.4) is 0 Å². The van der Waals surface area contributed by atoms with Crippen LogP contribution in [0.15, 0.2) is 30.5 Å². The monoisotopic (exact) mass is 382 g/mol. The van der Waals surface area contributed by atoms with Gasteiger partial charge in [0, 0.05) is 16.6 Å². The molecular weight excluding hydrogens is 367 g/mol. The van der Waals surface area contributed by atoms with E-state index in [0.29, 0.717) is 26.7 Å². The largest absolute Gasteiger partial charge is 0.362 e. The summed E-state index contributed by atoms with van der Waals surface area (Å²) in [7, 11) is 0. The molecule has 7 heteroatoms. The fourth-order valence-corrected chi connectivity index (χ4v) is 3.30. The van der Waals surface area contributed by atoms with Crippen LogP contribution in [-0.2, 0) is 0 Å². The summed E-state index contributed by atoms with van der Waals surface area (Å²) in [6.07, 6.45) is 4.64. The highest BCUT2D eigenvalue weighted by atomic mass is 35.5. The highest BCUT2D eigenvalue weighted by Gasteiger charge is 2.15. The van der Waals surface area contributed by atoms with Crippen LogP contribution in [0.5, 0.6) is 0 Å². The normalized spacial score (nSPS) is 15.8. The SMILES string of the molecule is CC(Nc1nc(C2=CCNCC2)ncc1Cl)c1ccc(Cl)cc1Cl. The molecule has 0 saturated heterocycles. The van der Waals surface area contributed by atoms with Gasteiger partial charge in [0.25, 0.3) is 0 Å². The average Bonchev–Trinajstić information content (AvgIpc) is 2.57. The minimum atomic E-state index is -0.0722. The molecule has 4 nitrogen and oxygen atoms in total. The van der Waals surface area contributed by atoms with Crippen molar-refractivity contribution in [2.24, 2.45) is 0 Å². The lowest BCUT2D eigenvalue weighted by atomic mass is 10.1. The number of nitrogens with zero attached hydrogens (tertiary/aromatic N) is 2. The second-order valence-corrected chi connectivity index (χ2v) is 6.86. The van der Waals surface area contributed by atoms with E-state index in [0.717, 1.165) is 30.6 Å². The number of halogens is 3. The zero-order valence-electron chi connectivity index (χ0n) is 13.1. The van der Waals surface area contributed by atoms with Crippen molar-refractivity contribution in [3.05, 3.63) is 56.9 Å². The molecule has 0 aliphatic carbocycles. The van der Waals surface area contributed by atoms with E-state index in [2.05, 4.69) is 26.7 Å². The smallest absolute Gasteiger partial charge is 0.157 e. The van der Waals surface area contributed by atoms with E-state index < -0.39 is 0 Å². The Morgan fingerprint density at radius 2 is 2.04 bits per heavy atom. The first kappa shape index (κ1) is 17.5. The van der Waals surface area contributed by atoms with Crippen molar-refractivity contribution in [1.29, 1.82) is 0 Å². The van der Waals surface area contributed by atoms with Gasteiger partial charge < -0.3 is 10.6 Å². The van der Waals surface area contributed by atoms with E-state index in [1.165, 1.54) is 0 Å². The third-order valence-corrected chi connectivity index (χ3v) is 4.72. The molecule has 1 aliphatic rings. The minimum absolute atomic E-state index is 0.0722. The molecule has 24 heavy (non-hydrogen) atoms. The molecule has 0 fully saturated rings. The maximum Gasteiger partial charge on any atom is 0.157 e. The third-order valence-electron chi connectivity index (χ3n) is 3.88. The van der Waals surface area contributed by atoms with Crippen molar-refractivity contribution >= 4 is 46.2 Å². The molecule has 1 aliphatic heterocycles. The predicted molar refractivity (Wildman–Crippen MR) is 101 cm³/mol. The van der Waals surface area contributed by atoms with Crippen LogP contribution < -0.4 is 10.6 Å². The summed E-state index contributed by atoms with van der Waals surface area (Å²) in [5, 5.41) is 8.28. The van der Waals surface area contributed by atoms with Crippen LogP contribution in [0.25, 0.3) is 5.57 Å². The van der Waals surface area contributed by atoms with Crippen LogP contribution in [0.2, 0.25) is 15.1 Å². The summed E-state index contributed by atoms with van der Waals surface area (Å²) < 4.78 is 0. The van der Waals surface area contributed by atoms with Crippen LogP contribution in [-0.4, -0.2) is 23.1 Å². The molecule has 1 unspecified atom stereocenters. The van der Waals surface area contributed by atoms with Crippen molar-refractivity contribution in [3.63, 3.8) is 0 Å². The molecule has 0 spiro atoms. The van der Waals surface area contributed by atoms with Gasteiger partial charge >= 0.3 is 0 Å². The molecule has 2 aromatic rings. The summed E-state index contributed by atoms with van der Waals surface area (Å²) >= 11 is 18.5. The first-order valence-corrected chi connectivity index (χ1v) is 8.82. The molecule has 1 aromatic heterocycles. The third kappa shape index (κ3) is 4.01. The summed E-state index contributed by atoms with van der Waals surface area (Å²) in [5.74, 6) is 1.30. The van der Waals surface area contributed by atoms with Crippen molar-refractivity contribution in [3.8, 4) is 0 Å². The Morgan fingerprint density at radius 1 is 1.21 bits per heavy atom. The summed E-state index contributed by atoms with van der Waals surface area (Å²) in [6, 6.07) is 5.36. The topological polar surface area (TPSA) is 49.8 Å². The first-order chi connectivity index (χ1) is 11.5. The van der Waals surface area contributed by atoms with Gasteiger partial charge in [-0.05, 0) is 43.2 Å². The molecule has 1 aromatic carbocycles. The van der Waals surface area contributed by atoms with Crippen LogP contribution in [0.1, 0.15) is 30.8 Å². The maximum absolute atomic E-state index is 6.28. The second kappa shape index (κ2) is 7.70. The fraction of sp³-hybridized carbons (Fsp3) is 0.294. The van der Waals surface area contributed by atoms with Gasteiger partial charge in [-0.3, -0.25) is 0 Å². The van der Waals surface area contributed by atoms with Gasteiger partial charge in [-0.2, -0.15) is 0 Å². The van der Waals surface area contributed by atoms with E-state index >= 15 is 0 Å². The maximum atomic E-state index is 6.28. The number of rotatable bonds is 4. The van der Waals surface area contributed by atoms with E-state index in [9.17, 15) is 0 Å². The molecule has 2 heterocycles. The van der Waals surface area contributed by atoms with E-state index in [1.807, 2.05) is 19.1 Å².